The molecule has 18 heavy (non-hydrogen) atoms. The Balaban J connectivity index is 1.63. The summed E-state index contributed by atoms with van der Waals surface area (Å²) >= 11 is 0. The molecular weight excluding hydrogens is 216 g/mol. The van der Waals surface area contributed by atoms with E-state index in [2.05, 4.69) is 6.92 Å². The zero-order valence-electron chi connectivity index (χ0n) is 12.9. The van der Waals surface area contributed by atoms with Crippen molar-refractivity contribution in [2.75, 3.05) is 0 Å². The molecule has 0 amide bonds. The maximum Gasteiger partial charge on any atom is -0.0414 e. The van der Waals surface area contributed by atoms with Crippen LogP contribution in [0.3, 0.4) is 0 Å². The first-order valence-electron chi connectivity index (χ1n) is 8.93. The molecule has 1 aliphatic carbocycles. The van der Waals surface area contributed by atoms with E-state index in [0.717, 1.165) is 5.92 Å². The van der Waals surface area contributed by atoms with Gasteiger partial charge >= 0.3 is 0 Å². The van der Waals surface area contributed by atoms with Gasteiger partial charge < -0.3 is 0 Å². The third-order valence-electron chi connectivity index (χ3n) is 4.69. The smallest absolute Gasteiger partial charge is 0.0414 e. The van der Waals surface area contributed by atoms with Gasteiger partial charge in [0.1, 0.15) is 0 Å². The molecule has 0 nitrogen and oxygen atoms in total. The first-order valence-corrected chi connectivity index (χ1v) is 8.93. The van der Waals surface area contributed by atoms with Crippen LogP contribution in [0.25, 0.3) is 0 Å². The van der Waals surface area contributed by atoms with Crippen molar-refractivity contribution in [2.45, 2.75) is 110 Å². The Kier molecular flexibility index (Phi) is 10.8. The van der Waals surface area contributed by atoms with Crippen LogP contribution in [0, 0.1) is 5.92 Å². The molecule has 0 aromatic carbocycles. The molecular formula is C18H36. The average Bonchev–Trinajstić information content (AvgIpc) is 2.33. The summed E-state index contributed by atoms with van der Waals surface area (Å²) in [6.07, 6.45) is 23.9. The molecule has 1 rings (SSSR count). The Morgan fingerprint density at radius 3 is 1.44 bits per heavy atom. The summed E-state index contributed by atoms with van der Waals surface area (Å²) < 4.78 is 0. The standard InChI is InChI=1S/C18H36/c1-2-3-4-5-6-7-8-9-10-11-12-13-15-18-16-14-17-18/h18H,2-17H2,1H3. The van der Waals surface area contributed by atoms with Gasteiger partial charge in [-0.15, -0.1) is 0 Å². The van der Waals surface area contributed by atoms with Gasteiger partial charge in [-0.3, -0.25) is 0 Å². The molecule has 0 aromatic rings. The van der Waals surface area contributed by atoms with E-state index in [1.54, 1.807) is 0 Å². The van der Waals surface area contributed by atoms with Crippen molar-refractivity contribution in [1.82, 2.24) is 0 Å². The van der Waals surface area contributed by atoms with Crippen LogP contribution in [-0.4, -0.2) is 0 Å². The lowest BCUT2D eigenvalue weighted by atomic mass is 9.81. The lowest BCUT2D eigenvalue weighted by Crippen LogP contribution is -2.10. The summed E-state index contributed by atoms with van der Waals surface area (Å²) in [6.45, 7) is 2.30. The summed E-state index contributed by atoms with van der Waals surface area (Å²) in [5.74, 6) is 1.13. The van der Waals surface area contributed by atoms with Gasteiger partial charge in [-0.1, -0.05) is 110 Å². The van der Waals surface area contributed by atoms with E-state index < -0.39 is 0 Å². The fourth-order valence-corrected chi connectivity index (χ4v) is 3.06. The molecule has 1 aliphatic rings. The summed E-state index contributed by atoms with van der Waals surface area (Å²) in [4.78, 5) is 0. The molecule has 1 saturated carbocycles. The lowest BCUT2D eigenvalue weighted by molar-refractivity contribution is 0.286. The van der Waals surface area contributed by atoms with E-state index in [9.17, 15) is 0 Å². The Morgan fingerprint density at radius 1 is 0.611 bits per heavy atom. The molecule has 0 unspecified atom stereocenters. The van der Waals surface area contributed by atoms with Crippen molar-refractivity contribution in [2.24, 2.45) is 5.92 Å². The SMILES string of the molecule is CCCCCCCCCCCCCCC1CCC1. The Hall–Kier alpha value is 0. The normalized spacial score (nSPS) is 15.8. The first-order chi connectivity index (χ1) is 8.93. The third kappa shape index (κ3) is 9.00. The number of hydrogen-bond acceptors (Lipinski definition) is 0. The van der Waals surface area contributed by atoms with Gasteiger partial charge in [-0.2, -0.15) is 0 Å². The molecule has 0 aliphatic heterocycles. The summed E-state index contributed by atoms with van der Waals surface area (Å²) in [7, 11) is 0. The fourth-order valence-electron chi connectivity index (χ4n) is 3.06. The number of hydrogen-bond donors (Lipinski definition) is 0. The molecule has 0 radical (unpaired) electrons. The molecule has 0 aromatic heterocycles. The van der Waals surface area contributed by atoms with Gasteiger partial charge in [0.2, 0.25) is 0 Å². The Bertz CT molecular complexity index is 157. The second-order valence-electron chi connectivity index (χ2n) is 6.47. The molecule has 108 valence electrons. The largest absolute Gasteiger partial charge is 0.0654 e. The molecule has 1 fully saturated rings. The molecule has 0 heteroatoms. The maximum absolute atomic E-state index is 2.30. The van der Waals surface area contributed by atoms with Gasteiger partial charge in [0.15, 0.2) is 0 Å². The topological polar surface area (TPSA) is 0 Å². The van der Waals surface area contributed by atoms with Crippen molar-refractivity contribution in [3.05, 3.63) is 0 Å². The van der Waals surface area contributed by atoms with Gasteiger partial charge in [-0.25, -0.2) is 0 Å². The monoisotopic (exact) mass is 252 g/mol. The molecule has 0 heterocycles. The average molecular weight is 252 g/mol. The minimum Gasteiger partial charge on any atom is -0.0654 e. The maximum atomic E-state index is 2.30. The highest BCUT2D eigenvalue weighted by Crippen LogP contribution is 2.31. The predicted octanol–water partition coefficient (Wildman–Crippen LogP) is 6.88. The zero-order valence-corrected chi connectivity index (χ0v) is 12.9. The van der Waals surface area contributed by atoms with Crippen molar-refractivity contribution in [1.29, 1.82) is 0 Å². The second kappa shape index (κ2) is 12.1. The lowest BCUT2D eigenvalue weighted by Gasteiger charge is -2.24. The van der Waals surface area contributed by atoms with Crippen LogP contribution in [0.15, 0.2) is 0 Å². The Labute approximate surface area is 116 Å². The fraction of sp³-hybridized carbons (Fsp3) is 1.00. The van der Waals surface area contributed by atoms with Crippen LogP contribution in [0.2, 0.25) is 0 Å². The highest BCUT2D eigenvalue weighted by molar-refractivity contribution is 4.69. The van der Waals surface area contributed by atoms with E-state index in [0.29, 0.717) is 0 Å². The van der Waals surface area contributed by atoms with E-state index in [1.165, 1.54) is 103 Å². The highest BCUT2D eigenvalue weighted by atomic mass is 14.2. The van der Waals surface area contributed by atoms with Gasteiger partial charge in [0, 0.05) is 0 Å². The predicted molar refractivity (Wildman–Crippen MR) is 83.0 cm³/mol. The minimum absolute atomic E-state index is 1.13. The van der Waals surface area contributed by atoms with E-state index in [4.69, 9.17) is 0 Å². The first kappa shape index (κ1) is 16.1. The summed E-state index contributed by atoms with van der Waals surface area (Å²) in [5, 5.41) is 0. The quantitative estimate of drug-likeness (QED) is 0.313. The molecule has 0 atom stereocenters. The van der Waals surface area contributed by atoms with Gasteiger partial charge in [-0.05, 0) is 5.92 Å². The summed E-state index contributed by atoms with van der Waals surface area (Å²) in [6, 6.07) is 0. The second-order valence-corrected chi connectivity index (χ2v) is 6.47. The highest BCUT2D eigenvalue weighted by Gasteiger charge is 2.15. The van der Waals surface area contributed by atoms with Gasteiger partial charge in [0.25, 0.3) is 0 Å². The van der Waals surface area contributed by atoms with E-state index in [1.807, 2.05) is 0 Å². The van der Waals surface area contributed by atoms with Crippen LogP contribution in [0.5, 0.6) is 0 Å². The van der Waals surface area contributed by atoms with E-state index in [-0.39, 0.29) is 0 Å². The summed E-state index contributed by atoms with van der Waals surface area (Å²) in [5.41, 5.74) is 0. The van der Waals surface area contributed by atoms with Crippen LogP contribution in [0.1, 0.15) is 110 Å². The van der Waals surface area contributed by atoms with Crippen molar-refractivity contribution >= 4 is 0 Å². The van der Waals surface area contributed by atoms with Crippen LogP contribution >= 0.6 is 0 Å². The van der Waals surface area contributed by atoms with Crippen LogP contribution in [0.4, 0.5) is 0 Å². The number of rotatable bonds is 13. The van der Waals surface area contributed by atoms with Crippen molar-refractivity contribution in [3.8, 4) is 0 Å². The molecule has 0 spiro atoms. The van der Waals surface area contributed by atoms with Crippen LogP contribution < -0.4 is 0 Å². The number of unbranched alkanes of at least 4 members (excludes halogenated alkanes) is 11. The van der Waals surface area contributed by atoms with Crippen molar-refractivity contribution in [3.63, 3.8) is 0 Å². The molecule has 0 saturated heterocycles. The Morgan fingerprint density at radius 2 is 1.06 bits per heavy atom. The van der Waals surface area contributed by atoms with E-state index >= 15 is 0 Å². The molecule has 0 bridgehead atoms. The molecule has 0 N–H and O–H groups in total. The van der Waals surface area contributed by atoms with Gasteiger partial charge in [0.05, 0.1) is 0 Å². The third-order valence-corrected chi connectivity index (χ3v) is 4.69. The van der Waals surface area contributed by atoms with Crippen molar-refractivity contribution < 1.29 is 0 Å². The zero-order chi connectivity index (χ0) is 12.9. The minimum atomic E-state index is 1.13. The van der Waals surface area contributed by atoms with Crippen LogP contribution in [-0.2, 0) is 0 Å².